The van der Waals surface area contributed by atoms with Gasteiger partial charge in [-0.3, -0.25) is 4.79 Å². The van der Waals surface area contributed by atoms with Gasteiger partial charge in [-0.1, -0.05) is 49.4 Å². The fourth-order valence-corrected chi connectivity index (χ4v) is 3.11. The molecule has 1 amide bonds. The van der Waals surface area contributed by atoms with Crippen LogP contribution in [0.5, 0.6) is 11.5 Å². The second-order valence-electron chi connectivity index (χ2n) is 6.20. The fraction of sp³-hybridized carbons (Fsp3) is 0.130. The Bertz CT molecular complexity index is 1000. The first kappa shape index (κ1) is 20.6. The van der Waals surface area contributed by atoms with Crippen molar-refractivity contribution in [1.82, 2.24) is 0 Å². The number of rotatable bonds is 7. The number of amides is 1. The van der Waals surface area contributed by atoms with E-state index in [2.05, 4.69) is 21.2 Å². The van der Waals surface area contributed by atoms with Crippen molar-refractivity contribution in [3.05, 3.63) is 77.3 Å². The molecule has 0 bridgehead atoms. The van der Waals surface area contributed by atoms with E-state index in [0.717, 1.165) is 15.6 Å². The summed E-state index contributed by atoms with van der Waals surface area (Å²) in [6.45, 7) is 1.52. The average Bonchev–Trinajstić information content (AvgIpc) is 2.73. The van der Waals surface area contributed by atoms with Gasteiger partial charge in [0.15, 0.2) is 6.61 Å². The molecule has 0 fully saturated rings. The first-order valence-corrected chi connectivity index (χ1v) is 9.93. The number of hydrogen-bond donors (Lipinski definition) is 1. The van der Waals surface area contributed by atoms with Crippen LogP contribution in [0.3, 0.4) is 0 Å². The van der Waals surface area contributed by atoms with Gasteiger partial charge in [0.2, 0.25) is 5.91 Å². The number of nitrogens with one attached hydrogen (secondary N) is 1. The summed E-state index contributed by atoms with van der Waals surface area (Å²) in [5.41, 5.74) is 2.70. The molecule has 148 valence electrons. The summed E-state index contributed by atoms with van der Waals surface area (Å²) in [5, 5.41) is 2.72. The first-order valence-electron chi connectivity index (χ1n) is 9.13. The molecule has 0 radical (unpaired) electrons. The molecule has 0 unspecified atom stereocenters. The second-order valence-corrected chi connectivity index (χ2v) is 7.06. The third-order valence-electron chi connectivity index (χ3n) is 4.06. The van der Waals surface area contributed by atoms with Crippen molar-refractivity contribution in [3.8, 4) is 22.6 Å². The van der Waals surface area contributed by atoms with Gasteiger partial charge in [0.25, 0.3) is 0 Å². The fourth-order valence-electron chi connectivity index (χ4n) is 2.61. The molecule has 0 aromatic heterocycles. The van der Waals surface area contributed by atoms with Crippen molar-refractivity contribution in [2.45, 2.75) is 13.3 Å². The number of ether oxygens (including phenoxy) is 2. The van der Waals surface area contributed by atoms with Crippen LogP contribution in [0.25, 0.3) is 11.1 Å². The van der Waals surface area contributed by atoms with E-state index in [1.165, 1.54) is 0 Å². The van der Waals surface area contributed by atoms with Gasteiger partial charge < -0.3 is 14.8 Å². The number of esters is 1. The molecular formula is C23H20BrNO4. The van der Waals surface area contributed by atoms with Crippen LogP contribution >= 0.6 is 15.9 Å². The Morgan fingerprint density at radius 1 is 0.931 bits per heavy atom. The summed E-state index contributed by atoms with van der Waals surface area (Å²) < 4.78 is 11.6. The molecular weight excluding hydrogens is 434 g/mol. The summed E-state index contributed by atoms with van der Waals surface area (Å²) in [5.74, 6) is 0.236. The Balaban J connectivity index is 1.58. The van der Waals surface area contributed by atoms with Crippen LogP contribution in [0.4, 0.5) is 5.69 Å². The quantitative estimate of drug-likeness (QED) is 0.381. The summed E-state index contributed by atoms with van der Waals surface area (Å²) in [6.07, 6.45) is 0.371. The maximum absolute atomic E-state index is 12.1. The van der Waals surface area contributed by atoms with E-state index in [1.54, 1.807) is 37.3 Å². The number of carbonyl (C=O) groups is 2. The Kier molecular flexibility index (Phi) is 7.03. The lowest BCUT2D eigenvalue weighted by Crippen LogP contribution is -2.18. The van der Waals surface area contributed by atoms with Crippen molar-refractivity contribution < 1.29 is 19.1 Å². The molecule has 3 aromatic rings. The molecule has 3 aromatic carbocycles. The van der Waals surface area contributed by atoms with Gasteiger partial charge in [-0.05, 0) is 51.3 Å². The van der Waals surface area contributed by atoms with Crippen LogP contribution < -0.4 is 14.8 Å². The number of hydrogen-bond acceptors (Lipinski definition) is 4. The van der Waals surface area contributed by atoms with Crippen LogP contribution in [0.2, 0.25) is 0 Å². The summed E-state index contributed by atoms with van der Waals surface area (Å²) in [7, 11) is 0. The molecule has 0 spiro atoms. The molecule has 0 saturated heterocycles. The van der Waals surface area contributed by atoms with Crippen molar-refractivity contribution in [1.29, 1.82) is 0 Å². The van der Waals surface area contributed by atoms with E-state index >= 15 is 0 Å². The third kappa shape index (κ3) is 5.93. The minimum atomic E-state index is -0.539. The minimum absolute atomic E-state index is 0.111. The van der Waals surface area contributed by atoms with Crippen LogP contribution in [-0.4, -0.2) is 18.5 Å². The molecule has 0 saturated carbocycles. The number of benzene rings is 3. The number of halogens is 1. The predicted molar refractivity (Wildman–Crippen MR) is 116 cm³/mol. The Hall–Kier alpha value is -3.12. The minimum Gasteiger partial charge on any atom is -0.481 e. The van der Waals surface area contributed by atoms with Crippen molar-refractivity contribution in [2.24, 2.45) is 0 Å². The van der Waals surface area contributed by atoms with Crippen LogP contribution in [0, 0.1) is 0 Å². The molecule has 0 atom stereocenters. The van der Waals surface area contributed by atoms with Gasteiger partial charge in [0, 0.05) is 18.2 Å². The van der Waals surface area contributed by atoms with E-state index in [0.29, 0.717) is 23.6 Å². The van der Waals surface area contributed by atoms with Gasteiger partial charge in [-0.25, -0.2) is 4.79 Å². The predicted octanol–water partition coefficient (Wildman–Crippen LogP) is 5.45. The first-order chi connectivity index (χ1) is 14.0. The van der Waals surface area contributed by atoms with Crippen LogP contribution in [0.1, 0.15) is 13.3 Å². The van der Waals surface area contributed by atoms with E-state index in [9.17, 15) is 9.59 Å². The standard InChI is InChI=1S/C23H20BrNO4/c1-2-22(26)25-18-9-6-10-19(14-18)29-23(27)15-28-21-12-11-17(13-20(21)24)16-7-4-3-5-8-16/h3-14H,2,15H2,1H3,(H,25,26). The lowest BCUT2D eigenvalue weighted by atomic mass is 10.1. The smallest absolute Gasteiger partial charge is 0.349 e. The lowest BCUT2D eigenvalue weighted by Gasteiger charge is -2.11. The number of carbonyl (C=O) groups excluding carboxylic acids is 2. The zero-order valence-corrected chi connectivity index (χ0v) is 17.4. The molecule has 0 heterocycles. The van der Waals surface area contributed by atoms with Crippen molar-refractivity contribution >= 4 is 33.5 Å². The van der Waals surface area contributed by atoms with Gasteiger partial charge in [-0.2, -0.15) is 0 Å². The highest BCUT2D eigenvalue weighted by Crippen LogP contribution is 2.30. The third-order valence-corrected chi connectivity index (χ3v) is 4.67. The Morgan fingerprint density at radius 3 is 2.45 bits per heavy atom. The molecule has 3 rings (SSSR count). The molecule has 1 N–H and O–H groups in total. The van der Waals surface area contributed by atoms with Gasteiger partial charge in [0.1, 0.15) is 11.5 Å². The van der Waals surface area contributed by atoms with E-state index in [-0.39, 0.29) is 12.5 Å². The normalized spacial score (nSPS) is 10.3. The van der Waals surface area contributed by atoms with Crippen LogP contribution in [-0.2, 0) is 9.59 Å². The summed E-state index contributed by atoms with van der Waals surface area (Å²) in [4.78, 5) is 23.6. The van der Waals surface area contributed by atoms with Crippen LogP contribution in [0.15, 0.2) is 77.3 Å². The highest BCUT2D eigenvalue weighted by molar-refractivity contribution is 9.10. The monoisotopic (exact) mass is 453 g/mol. The highest BCUT2D eigenvalue weighted by atomic mass is 79.9. The van der Waals surface area contributed by atoms with Crippen molar-refractivity contribution in [3.63, 3.8) is 0 Å². The van der Waals surface area contributed by atoms with E-state index in [1.807, 2.05) is 42.5 Å². The van der Waals surface area contributed by atoms with Gasteiger partial charge in [0.05, 0.1) is 4.47 Å². The Labute approximate surface area is 177 Å². The maximum Gasteiger partial charge on any atom is 0.349 e. The van der Waals surface area contributed by atoms with Crippen molar-refractivity contribution in [2.75, 3.05) is 11.9 Å². The SMILES string of the molecule is CCC(=O)Nc1cccc(OC(=O)COc2ccc(-c3ccccc3)cc2Br)c1. The molecule has 0 aliphatic rings. The molecule has 29 heavy (non-hydrogen) atoms. The highest BCUT2D eigenvalue weighted by Gasteiger charge is 2.10. The Morgan fingerprint density at radius 2 is 1.72 bits per heavy atom. The summed E-state index contributed by atoms with van der Waals surface area (Å²) >= 11 is 3.48. The second kappa shape index (κ2) is 9.89. The van der Waals surface area contributed by atoms with E-state index < -0.39 is 5.97 Å². The zero-order chi connectivity index (χ0) is 20.6. The average molecular weight is 454 g/mol. The molecule has 0 aliphatic carbocycles. The maximum atomic E-state index is 12.1. The topological polar surface area (TPSA) is 64.6 Å². The zero-order valence-electron chi connectivity index (χ0n) is 15.9. The molecule has 0 aliphatic heterocycles. The summed E-state index contributed by atoms with van der Waals surface area (Å²) in [6, 6.07) is 22.3. The largest absolute Gasteiger partial charge is 0.481 e. The molecule has 5 nitrogen and oxygen atoms in total. The lowest BCUT2D eigenvalue weighted by molar-refractivity contribution is -0.136. The molecule has 6 heteroatoms. The van der Waals surface area contributed by atoms with Gasteiger partial charge >= 0.3 is 5.97 Å². The number of anilines is 1. The van der Waals surface area contributed by atoms with E-state index in [4.69, 9.17) is 9.47 Å². The van der Waals surface area contributed by atoms with Gasteiger partial charge in [-0.15, -0.1) is 0 Å².